The molecule has 3 aromatic rings. The first-order chi connectivity index (χ1) is 12.2. The first-order valence-corrected chi connectivity index (χ1v) is 7.02. The predicted octanol–water partition coefficient (Wildman–Crippen LogP) is 5.68. The van der Waals surface area contributed by atoms with Crippen LogP contribution in [0.3, 0.4) is 0 Å². The summed E-state index contributed by atoms with van der Waals surface area (Å²) in [5.41, 5.74) is 2.99. The molecule has 3 rings (SSSR count). The lowest BCUT2D eigenvalue weighted by atomic mass is 9.96. The molecule has 1 aromatic heterocycles. The minimum Gasteiger partial charge on any atom is -0.256 e. The zero-order chi connectivity index (χ0) is 18.9. The van der Waals surface area contributed by atoms with Crippen molar-refractivity contribution < 1.29 is 9.87 Å². The molecule has 2 heteroatoms. The van der Waals surface area contributed by atoms with E-state index >= 15 is 0 Å². The molecule has 0 spiro atoms. The monoisotopic (exact) mass is 295 g/mol. The minimum absolute atomic E-state index is 0.145. The summed E-state index contributed by atoms with van der Waals surface area (Å²) in [5.74, 6) is -2.73. The highest BCUT2D eigenvalue weighted by Crippen LogP contribution is 2.28. The first-order valence-electron chi connectivity index (χ1n) is 9.02. The van der Waals surface area contributed by atoms with Gasteiger partial charge >= 0.3 is 0 Å². The molecule has 0 bridgehead atoms. The van der Waals surface area contributed by atoms with Crippen molar-refractivity contribution in [2.45, 2.75) is 19.7 Å². The molecule has 1 unspecified atom stereocenters. The molecule has 1 nitrogen and oxygen atoms in total. The molecule has 1 heterocycles. The van der Waals surface area contributed by atoms with Gasteiger partial charge in [-0.3, -0.25) is 4.98 Å². The van der Waals surface area contributed by atoms with E-state index in [0.29, 0.717) is 5.56 Å². The molecule has 22 heavy (non-hydrogen) atoms. The Bertz CT molecular complexity index is 921. The van der Waals surface area contributed by atoms with Gasteiger partial charge in [-0.2, -0.15) is 0 Å². The summed E-state index contributed by atoms with van der Waals surface area (Å²) in [6.45, 7) is -1.43. The number of rotatable bonds is 3. The molecule has 0 saturated heterocycles. The average Bonchev–Trinajstić information content (AvgIpc) is 2.62. The number of pyridine rings is 1. The highest BCUT2D eigenvalue weighted by molar-refractivity contribution is 5.70. The van der Waals surface area contributed by atoms with Crippen LogP contribution in [0.2, 0.25) is 0 Å². The van der Waals surface area contributed by atoms with Gasteiger partial charge < -0.3 is 0 Å². The zero-order valence-corrected chi connectivity index (χ0v) is 12.2. The van der Waals surface area contributed by atoms with Gasteiger partial charge in [0.1, 0.15) is 5.82 Å². The van der Waals surface area contributed by atoms with Crippen LogP contribution in [0.15, 0.2) is 66.9 Å². The standard InChI is InChI=1S/C20H18FN/c1-14(2)18-12-16(8-9-19(18)21)17-10-11-22-20(13-17)15-6-4-3-5-7-15/h3-14H,1-2H3/i1D3,14D. The smallest absolute Gasteiger partial charge is 0.126 e. The Morgan fingerprint density at radius 3 is 2.55 bits per heavy atom. The van der Waals surface area contributed by atoms with Crippen LogP contribution in [0.5, 0.6) is 0 Å². The van der Waals surface area contributed by atoms with Crippen LogP contribution in [-0.2, 0) is 0 Å². The van der Waals surface area contributed by atoms with Crippen LogP contribution in [-0.4, -0.2) is 4.98 Å². The molecule has 2 aromatic carbocycles. The van der Waals surface area contributed by atoms with E-state index in [4.69, 9.17) is 5.48 Å². The van der Waals surface area contributed by atoms with E-state index in [2.05, 4.69) is 4.98 Å². The average molecular weight is 295 g/mol. The zero-order valence-electron chi connectivity index (χ0n) is 16.2. The first kappa shape index (κ1) is 10.3. The Hall–Kier alpha value is -2.48. The van der Waals surface area contributed by atoms with Crippen LogP contribution in [0, 0.1) is 5.82 Å². The second kappa shape index (κ2) is 6.10. The number of hydrogen-bond donors (Lipinski definition) is 0. The van der Waals surface area contributed by atoms with E-state index in [0.717, 1.165) is 16.8 Å². The van der Waals surface area contributed by atoms with E-state index in [1.54, 1.807) is 18.3 Å². The summed E-state index contributed by atoms with van der Waals surface area (Å²) >= 11 is 0. The summed E-state index contributed by atoms with van der Waals surface area (Å²) in [6, 6.07) is 17.5. The van der Waals surface area contributed by atoms with Crippen molar-refractivity contribution in [3.63, 3.8) is 0 Å². The largest absolute Gasteiger partial charge is 0.256 e. The van der Waals surface area contributed by atoms with E-state index < -0.39 is 18.6 Å². The third kappa shape index (κ3) is 2.91. The maximum Gasteiger partial charge on any atom is 0.126 e. The summed E-state index contributed by atoms with van der Waals surface area (Å²) in [4.78, 5) is 4.36. The predicted molar refractivity (Wildman–Crippen MR) is 89.2 cm³/mol. The quantitative estimate of drug-likeness (QED) is 0.606. The summed E-state index contributed by atoms with van der Waals surface area (Å²) in [7, 11) is 0. The molecule has 0 radical (unpaired) electrons. The lowest BCUT2D eigenvalue weighted by molar-refractivity contribution is 0.598. The van der Waals surface area contributed by atoms with Gasteiger partial charge in [0.2, 0.25) is 0 Å². The lowest BCUT2D eigenvalue weighted by Crippen LogP contribution is -1.94. The van der Waals surface area contributed by atoms with Gasteiger partial charge in [0.05, 0.1) is 5.69 Å². The van der Waals surface area contributed by atoms with Crippen LogP contribution >= 0.6 is 0 Å². The van der Waals surface area contributed by atoms with Gasteiger partial charge in [0.25, 0.3) is 0 Å². The Kier molecular flexibility index (Phi) is 2.85. The molecule has 0 fully saturated rings. The lowest BCUT2D eigenvalue weighted by Gasteiger charge is -2.11. The van der Waals surface area contributed by atoms with Gasteiger partial charge in [-0.15, -0.1) is 0 Å². The molecule has 0 aliphatic rings. The topological polar surface area (TPSA) is 12.9 Å². The Balaban J connectivity index is 2.08. The second-order valence-electron chi connectivity index (χ2n) is 5.12. The van der Waals surface area contributed by atoms with E-state index in [-0.39, 0.29) is 5.56 Å². The molecule has 1 atom stereocenters. The molecule has 0 amide bonds. The number of aromatic nitrogens is 1. The maximum absolute atomic E-state index is 14.3. The van der Waals surface area contributed by atoms with Crippen LogP contribution in [0.25, 0.3) is 22.4 Å². The molecule has 0 aliphatic carbocycles. The van der Waals surface area contributed by atoms with Gasteiger partial charge in [-0.05, 0) is 46.8 Å². The molecule has 0 N–H and O–H groups in total. The van der Waals surface area contributed by atoms with E-state index in [9.17, 15) is 4.39 Å². The Morgan fingerprint density at radius 2 is 1.77 bits per heavy atom. The summed E-state index contributed by atoms with van der Waals surface area (Å²) in [6.07, 6.45) is 1.66. The third-order valence-electron chi connectivity index (χ3n) is 3.53. The number of hydrogen-bond acceptors (Lipinski definition) is 1. The fourth-order valence-corrected chi connectivity index (χ4v) is 2.37. The highest BCUT2D eigenvalue weighted by Gasteiger charge is 2.09. The Labute approximate surface area is 136 Å². The fraction of sp³-hybridized carbons (Fsp3) is 0.150. The van der Waals surface area contributed by atoms with Crippen molar-refractivity contribution >= 4 is 0 Å². The minimum atomic E-state index is -2.64. The van der Waals surface area contributed by atoms with Crippen molar-refractivity contribution in [3.05, 3.63) is 78.2 Å². The molecular formula is C20H18FN. The summed E-state index contributed by atoms with van der Waals surface area (Å²) in [5, 5.41) is 0. The molecular weight excluding hydrogens is 273 g/mol. The number of nitrogens with zero attached hydrogens (tertiary/aromatic N) is 1. The fourth-order valence-electron chi connectivity index (χ4n) is 2.37. The van der Waals surface area contributed by atoms with Crippen LogP contribution in [0.1, 0.15) is 30.7 Å². The van der Waals surface area contributed by atoms with Gasteiger partial charge in [0.15, 0.2) is 0 Å². The maximum atomic E-state index is 14.3. The normalized spacial score (nSPS) is 16.8. The van der Waals surface area contributed by atoms with Crippen LogP contribution < -0.4 is 0 Å². The SMILES string of the molecule is [2H]C([2H])([2H])C([2H])(C)c1cc(-c2ccnc(-c3ccccc3)c2)ccc1F. The van der Waals surface area contributed by atoms with E-state index in [1.165, 1.54) is 19.1 Å². The van der Waals surface area contributed by atoms with Gasteiger partial charge in [0, 0.05) is 17.2 Å². The molecule has 0 aliphatic heterocycles. The number of benzene rings is 2. The second-order valence-corrected chi connectivity index (χ2v) is 5.12. The molecule has 0 saturated carbocycles. The summed E-state index contributed by atoms with van der Waals surface area (Å²) < 4.78 is 45.1. The third-order valence-corrected chi connectivity index (χ3v) is 3.53. The van der Waals surface area contributed by atoms with Crippen molar-refractivity contribution in [3.8, 4) is 22.4 Å². The van der Waals surface area contributed by atoms with Crippen molar-refractivity contribution in [1.29, 1.82) is 0 Å². The number of halogens is 1. The Morgan fingerprint density at radius 1 is 1.00 bits per heavy atom. The van der Waals surface area contributed by atoms with Gasteiger partial charge in [-0.25, -0.2) is 4.39 Å². The van der Waals surface area contributed by atoms with Gasteiger partial charge in [-0.1, -0.05) is 50.2 Å². The van der Waals surface area contributed by atoms with Crippen molar-refractivity contribution in [2.24, 2.45) is 0 Å². The van der Waals surface area contributed by atoms with Crippen molar-refractivity contribution in [2.75, 3.05) is 0 Å². The molecule has 110 valence electrons. The highest BCUT2D eigenvalue weighted by atomic mass is 19.1. The van der Waals surface area contributed by atoms with Crippen molar-refractivity contribution in [1.82, 2.24) is 4.98 Å². The van der Waals surface area contributed by atoms with Crippen LogP contribution in [0.4, 0.5) is 4.39 Å². The van der Waals surface area contributed by atoms with E-state index in [1.807, 2.05) is 36.4 Å².